The average molecular weight is 301 g/mol. The Morgan fingerprint density at radius 2 is 1.90 bits per heavy atom. The van der Waals surface area contributed by atoms with Gasteiger partial charge in [0.15, 0.2) is 0 Å². The molecule has 2 atom stereocenters. The van der Waals surface area contributed by atoms with E-state index in [2.05, 4.69) is 10.2 Å². The van der Waals surface area contributed by atoms with Crippen molar-refractivity contribution in [3.63, 3.8) is 0 Å². The molecule has 2 saturated heterocycles. The molecule has 6 heteroatoms. The first-order chi connectivity index (χ1) is 9.57. The van der Waals surface area contributed by atoms with Crippen molar-refractivity contribution in [3.8, 4) is 0 Å². The first-order valence-corrected chi connectivity index (χ1v) is 9.54. The number of nitrogens with one attached hydrogen (secondary N) is 1. The van der Waals surface area contributed by atoms with E-state index in [4.69, 9.17) is 0 Å². The van der Waals surface area contributed by atoms with Gasteiger partial charge in [-0.05, 0) is 52.1 Å². The van der Waals surface area contributed by atoms with Crippen molar-refractivity contribution in [2.45, 2.75) is 56.4 Å². The lowest BCUT2D eigenvalue weighted by Crippen LogP contribution is -2.45. The molecule has 1 saturated carbocycles. The van der Waals surface area contributed by atoms with Crippen molar-refractivity contribution in [2.24, 2.45) is 0 Å². The molecule has 5 nitrogen and oxygen atoms in total. The van der Waals surface area contributed by atoms with Crippen LogP contribution in [-0.2, 0) is 10.0 Å². The summed E-state index contributed by atoms with van der Waals surface area (Å²) in [5.74, 6) is 0. The Kier molecular flexibility index (Phi) is 4.36. The second-order valence-corrected chi connectivity index (χ2v) is 8.93. The molecule has 20 heavy (non-hydrogen) atoms. The van der Waals surface area contributed by atoms with Crippen LogP contribution in [0.4, 0.5) is 0 Å². The zero-order valence-electron chi connectivity index (χ0n) is 12.4. The molecule has 116 valence electrons. The summed E-state index contributed by atoms with van der Waals surface area (Å²) in [5.41, 5.74) is 0. The number of sulfonamides is 1. The Bertz CT molecular complexity index is 436. The second-order valence-electron chi connectivity index (χ2n) is 6.58. The number of nitrogens with zero attached hydrogens (tertiary/aromatic N) is 2. The predicted molar refractivity (Wildman–Crippen MR) is 80.2 cm³/mol. The molecule has 3 fully saturated rings. The Morgan fingerprint density at radius 3 is 2.65 bits per heavy atom. The van der Waals surface area contributed by atoms with Crippen molar-refractivity contribution in [2.75, 3.05) is 32.7 Å². The largest absolute Gasteiger partial charge is 0.313 e. The topological polar surface area (TPSA) is 52.7 Å². The van der Waals surface area contributed by atoms with Crippen LogP contribution in [0.25, 0.3) is 0 Å². The molecule has 0 spiro atoms. The molecule has 1 aliphatic carbocycles. The quantitative estimate of drug-likeness (QED) is 0.809. The van der Waals surface area contributed by atoms with Crippen LogP contribution in [0.5, 0.6) is 0 Å². The van der Waals surface area contributed by atoms with E-state index in [1.54, 1.807) is 4.31 Å². The first-order valence-electron chi connectivity index (χ1n) is 8.04. The minimum Gasteiger partial charge on any atom is -0.313 e. The lowest BCUT2D eigenvalue weighted by Gasteiger charge is -2.27. The van der Waals surface area contributed by atoms with Gasteiger partial charge < -0.3 is 5.32 Å². The average Bonchev–Trinajstić information content (AvgIpc) is 3.19. The number of hydrogen-bond acceptors (Lipinski definition) is 4. The summed E-state index contributed by atoms with van der Waals surface area (Å²) in [5, 5.41) is 3.04. The third-order valence-corrected chi connectivity index (χ3v) is 7.14. The maximum atomic E-state index is 12.7. The van der Waals surface area contributed by atoms with Crippen LogP contribution in [0.1, 0.15) is 39.0 Å². The van der Waals surface area contributed by atoms with Gasteiger partial charge in [0.05, 0.1) is 5.25 Å². The van der Waals surface area contributed by atoms with E-state index in [0.29, 0.717) is 31.7 Å². The van der Waals surface area contributed by atoms with Gasteiger partial charge in [-0.2, -0.15) is 0 Å². The van der Waals surface area contributed by atoms with Crippen LogP contribution in [0.2, 0.25) is 0 Å². The molecular weight excluding hydrogens is 274 g/mol. The van der Waals surface area contributed by atoms with Crippen molar-refractivity contribution in [3.05, 3.63) is 0 Å². The second kappa shape index (κ2) is 5.91. The van der Waals surface area contributed by atoms with Crippen molar-refractivity contribution < 1.29 is 8.42 Å². The maximum absolute atomic E-state index is 12.7. The van der Waals surface area contributed by atoms with E-state index in [9.17, 15) is 8.42 Å². The summed E-state index contributed by atoms with van der Waals surface area (Å²) in [4.78, 5) is 2.47. The molecule has 0 aromatic heterocycles. The van der Waals surface area contributed by atoms with Crippen molar-refractivity contribution in [1.82, 2.24) is 14.5 Å². The summed E-state index contributed by atoms with van der Waals surface area (Å²) in [6, 6.07) is 1.03. The van der Waals surface area contributed by atoms with Gasteiger partial charge in [0.2, 0.25) is 10.0 Å². The highest BCUT2D eigenvalue weighted by molar-refractivity contribution is 7.89. The highest BCUT2D eigenvalue weighted by Crippen LogP contribution is 2.24. The van der Waals surface area contributed by atoms with E-state index in [0.717, 1.165) is 25.9 Å². The van der Waals surface area contributed by atoms with Crippen molar-refractivity contribution in [1.29, 1.82) is 0 Å². The highest BCUT2D eigenvalue weighted by atomic mass is 32.2. The molecule has 0 amide bonds. The molecule has 2 unspecified atom stereocenters. The SMILES string of the molecule is CC(CNC1CC1)S(=O)(=O)N1CCCN2CCCC2C1. The standard InChI is InChI=1S/C14H27N3O2S/c1-12(10-15-13-5-6-13)20(18,19)17-9-3-8-16-7-2-4-14(16)11-17/h12-15H,2-11H2,1H3. The molecule has 2 heterocycles. The van der Waals surface area contributed by atoms with Crippen LogP contribution in [0.3, 0.4) is 0 Å². The molecule has 0 aromatic carbocycles. The lowest BCUT2D eigenvalue weighted by molar-refractivity contribution is 0.257. The molecule has 0 aromatic rings. The molecule has 1 N–H and O–H groups in total. The first kappa shape index (κ1) is 14.8. The third kappa shape index (κ3) is 3.18. The van der Waals surface area contributed by atoms with Crippen LogP contribution >= 0.6 is 0 Å². The van der Waals surface area contributed by atoms with E-state index in [-0.39, 0.29) is 5.25 Å². The van der Waals surface area contributed by atoms with Crippen LogP contribution in [-0.4, -0.2) is 67.7 Å². The van der Waals surface area contributed by atoms with Gasteiger partial charge in [-0.25, -0.2) is 12.7 Å². The van der Waals surface area contributed by atoms with Gasteiger partial charge >= 0.3 is 0 Å². The minimum absolute atomic E-state index is 0.309. The molecule has 3 rings (SSSR count). The van der Waals surface area contributed by atoms with E-state index >= 15 is 0 Å². The number of hydrogen-bond donors (Lipinski definition) is 1. The molecule has 0 radical (unpaired) electrons. The van der Waals surface area contributed by atoms with E-state index in [1.165, 1.54) is 19.3 Å². The predicted octanol–water partition coefficient (Wildman–Crippen LogP) is 0.627. The lowest BCUT2D eigenvalue weighted by atomic mass is 10.2. The molecule has 0 bridgehead atoms. The van der Waals surface area contributed by atoms with Gasteiger partial charge in [-0.3, -0.25) is 4.90 Å². The number of fused-ring (bicyclic) bond motifs is 1. The monoisotopic (exact) mass is 301 g/mol. The molecule has 2 aliphatic heterocycles. The zero-order valence-corrected chi connectivity index (χ0v) is 13.2. The van der Waals surface area contributed by atoms with Gasteiger partial charge in [-0.15, -0.1) is 0 Å². The number of rotatable bonds is 5. The fourth-order valence-electron chi connectivity index (χ4n) is 3.38. The Balaban J connectivity index is 1.62. The van der Waals surface area contributed by atoms with E-state index < -0.39 is 10.0 Å². The van der Waals surface area contributed by atoms with Gasteiger partial charge in [0.1, 0.15) is 0 Å². The molecule has 3 aliphatic rings. The fraction of sp³-hybridized carbons (Fsp3) is 1.00. The minimum atomic E-state index is -3.15. The summed E-state index contributed by atoms with van der Waals surface area (Å²) < 4.78 is 27.2. The summed E-state index contributed by atoms with van der Waals surface area (Å²) in [7, 11) is -3.15. The smallest absolute Gasteiger partial charge is 0.218 e. The third-order valence-electron chi connectivity index (χ3n) is 4.91. The van der Waals surface area contributed by atoms with Crippen LogP contribution in [0.15, 0.2) is 0 Å². The summed E-state index contributed by atoms with van der Waals surface area (Å²) in [6.07, 6.45) is 5.75. The Labute approximate surface area is 122 Å². The summed E-state index contributed by atoms with van der Waals surface area (Å²) in [6.45, 7) is 6.06. The van der Waals surface area contributed by atoms with Gasteiger partial charge in [0.25, 0.3) is 0 Å². The zero-order chi connectivity index (χ0) is 14.2. The van der Waals surface area contributed by atoms with E-state index in [1.807, 2.05) is 6.92 Å². The fourth-order valence-corrected chi connectivity index (χ4v) is 4.96. The maximum Gasteiger partial charge on any atom is 0.218 e. The molecular formula is C14H27N3O2S. The van der Waals surface area contributed by atoms with Crippen LogP contribution < -0.4 is 5.32 Å². The highest BCUT2D eigenvalue weighted by Gasteiger charge is 2.36. The van der Waals surface area contributed by atoms with Gasteiger partial charge in [-0.1, -0.05) is 0 Å². The normalized spacial score (nSPS) is 30.9. The van der Waals surface area contributed by atoms with Gasteiger partial charge in [0, 0.05) is 31.7 Å². The summed E-state index contributed by atoms with van der Waals surface area (Å²) >= 11 is 0. The Morgan fingerprint density at radius 1 is 1.15 bits per heavy atom. The Hall–Kier alpha value is -0.170. The van der Waals surface area contributed by atoms with Crippen LogP contribution in [0, 0.1) is 0 Å². The van der Waals surface area contributed by atoms with Crippen molar-refractivity contribution >= 4 is 10.0 Å².